The monoisotopic (exact) mass is 308 g/mol. The number of hydrogen-bond acceptors (Lipinski definition) is 2. The van der Waals surface area contributed by atoms with E-state index in [0.717, 1.165) is 17.7 Å². The molecule has 1 fully saturated rings. The predicted octanol–water partition coefficient (Wildman–Crippen LogP) is 4.18. The lowest BCUT2D eigenvalue weighted by Gasteiger charge is -2.15. The minimum Gasteiger partial charge on any atom is -0.302 e. The number of fused-ring (bicyclic) bond motifs is 1. The van der Waals surface area contributed by atoms with Gasteiger partial charge in [0.1, 0.15) is 0 Å². The van der Waals surface area contributed by atoms with Crippen LogP contribution in [0.25, 0.3) is 16.8 Å². The number of carbonyl (C=O) groups excluding carboxylic acids is 1. The van der Waals surface area contributed by atoms with Crippen LogP contribution in [0.3, 0.4) is 0 Å². The van der Waals surface area contributed by atoms with Gasteiger partial charge in [-0.3, -0.25) is 10.2 Å². The Hall–Kier alpha value is -2.29. The molecular formula is C20H24N2O. The standard InChI is InChI=1S/C20H24N2O/c1-4-5-7-14-10-11-17-15(12-14)8-6-9-16(17)13-18-20(2,3)19(23)22-21-18/h6,8-13,21H,4-5,7H2,1-3H3,(H,22,23)/b18-13-. The molecule has 0 radical (unpaired) electrons. The van der Waals surface area contributed by atoms with E-state index in [0.29, 0.717) is 0 Å². The molecule has 1 saturated heterocycles. The minimum atomic E-state index is -0.525. The fraction of sp³-hybridized carbons (Fsp3) is 0.350. The van der Waals surface area contributed by atoms with Crippen molar-refractivity contribution in [2.24, 2.45) is 5.41 Å². The van der Waals surface area contributed by atoms with E-state index in [1.165, 1.54) is 29.2 Å². The smallest absolute Gasteiger partial charge is 0.249 e. The molecule has 1 heterocycles. The average Bonchev–Trinajstić information content (AvgIpc) is 2.79. The van der Waals surface area contributed by atoms with E-state index in [2.05, 4.69) is 60.2 Å². The van der Waals surface area contributed by atoms with E-state index in [1.807, 2.05) is 13.8 Å². The predicted molar refractivity (Wildman–Crippen MR) is 95.6 cm³/mol. The van der Waals surface area contributed by atoms with Gasteiger partial charge >= 0.3 is 0 Å². The average molecular weight is 308 g/mol. The Labute approximate surface area is 137 Å². The topological polar surface area (TPSA) is 41.1 Å². The molecule has 0 aliphatic carbocycles. The van der Waals surface area contributed by atoms with Crippen molar-refractivity contribution in [3.63, 3.8) is 0 Å². The van der Waals surface area contributed by atoms with Gasteiger partial charge in [-0.2, -0.15) is 0 Å². The summed E-state index contributed by atoms with van der Waals surface area (Å²) in [5.74, 6) is 0.00541. The van der Waals surface area contributed by atoms with Crippen molar-refractivity contribution in [1.82, 2.24) is 10.9 Å². The first kappa shape index (κ1) is 15.6. The molecule has 0 atom stereocenters. The number of amides is 1. The van der Waals surface area contributed by atoms with Gasteiger partial charge in [0, 0.05) is 5.70 Å². The second kappa shape index (κ2) is 6.07. The molecule has 1 aliphatic heterocycles. The van der Waals surface area contributed by atoms with Crippen LogP contribution in [0.4, 0.5) is 0 Å². The van der Waals surface area contributed by atoms with Crippen LogP contribution in [0.15, 0.2) is 42.1 Å². The lowest BCUT2D eigenvalue weighted by molar-refractivity contribution is -0.125. The lowest BCUT2D eigenvalue weighted by atomic mass is 9.88. The molecule has 0 spiro atoms. The summed E-state index contributed by atoms with van der Waals surface area (Å²) >= 11 is 0. The number of nitrogens with one attached hydrogen (secondary N) is 2. The zero-order valence-electron chi connectivity index (χ0n) is 14.1. The zero-order chi connectivity index (χ0) is 16.4. The van der Waals surface area contributed by atoms with E-state index >= 15 is 0 Å². The van der Waals surface area contributed by atoms with E-state index < -0.39 is 5.41 Å². The van der Waals surface area contributed by atoms with Crippen LogP contribution in [0, 0.1) is 5.41 Å². The third-order valence-electron chi connectivity index (χ3n) is 4.65. The van der Waals surface area contributed by atoms with Crippen LogP contribution in [-0.4, -0.2) is 5.91 Å². The number of carbonyl (C=O) groups is 1. The summed E-state index contributed by atoms with van der Waals surface area (Å²) in [6.07, 6.45) is 5.64. The molecule has 1 aliphatic rings. The maximum Gasteiger partial charge on any atom is 0.249 e. The van der Waals surface area contributed by atoms with E-state index in [1.54, 1.807) is 0 Å². The SMILES string of the molecule is CCCCc1ccc2c(/C=C3\NNC(=O)C3(C)C)cccc2c1. The van der Waals surface area contributed by atoms with Crippen molar-refractivity contribution >= 4 is 22.8 Å². The Bertz CT molecular complexity index is 774. The maximum absolute atomic E-state index is 11.9. The van der Waals surface area contributed by atoms with Gasteiger partial charge < -0.3 is 5.43 Å². The number of hydrazine groups is 1. The summed E-state index contributed by atoms with van der Waals surface area (Å²) in [5.41, 5.74) is 8.62. The lowest BCUT2D eigenvalue weighted by Crippen LogP contribution is -2.28. The molecule has 2 N–H and O–H groups in total. The van der Waals surface area contributed by atoms with E-state index in [4.69, 9.17) is 0 Å². The second-order valence-corrected chi connectivity index (χ2v) is 6.77. The van der Waals surface area contributed by atoms with Crippen LogP contribution in [0.5, 0.6) is 0 Å². The van der Waals surface area contributed by atoms with Crippen LogP contribution in [0.2, 0.25) is 0 Å². The largest absolute Gasteiger partial charge is 0.302 e. The summed E-state index contributed by atoms with van der Waals surface area (Å²) in [5, 5.41) is 2.47. The highest BCUT2D eigenvalue weighted by Gasteiger charge is 2.37. The van der Waals surface area contributed by atoms with Crippen molar-refractivity contribution in [1.29, 1.82) is 0 Å². The molecule has 3 nitrogen and oxygen atoms in total. The molecule has 2 aromatic rings. The van der Waals surface area contributed by atoms with Gasteiger partial charge in [-0.15, -0.1) is 0 Å². The van der Waals surface area contributed by atoms with Gasteiger partial charge in [0.05, 0.1) is 5.41 Å². The van der Waals surface area contributed by atoms with E-state index in [-0.39, 0.29) is 5.91 Å². The summed E-state index contributed by atoms with van der Waals surface area (Å²) in [6.45, 7) is 6.08. The molecule has 0 saturated carbocycles. The molecule has 1 amide bonds. The minimum absolute atomic E-state index is 0.00541. The molecule has 120 valence electrons. The maximum atomic E-state index is 11.9. The molecule has 2 aromatic carbocycles. The van der Waals surface area contributed by atoms with Gasteiger partial charge in [-0.1, -0.05) is 49.7 Å². The number of rotatable bonds is 4. The fourth-order valence-electron chi connectivity index (χ4n) is 2.95. The Morgan fingerprint density at radius 1 is 1.13 bits per heavy atom. The van der Waals surface area contributed by atoms with Crippen LogP contribution < -0.4 is 10.9 Å². The number of aryl methyl sites for hydroxylation is 1. The van der Waals surface area contributed by atoms with Crippen LogP contribution >= 0.6 is 0 Å². The van der Waals surface area contributed by atoms with Crippen molar-refractivity contribution in [3.05, 3.63) is 53.2 Å². The third kappa shape index (κ3) is 2.96. The van der Waals surface area contributed by atoms with Gasteiger partial charge in [-0.25, -0.2) is 0 Å². The number of unbranched alkanes of at least 4 members (excludes halogenated alkanes) is 1. The van der Waals surface area contributed by atoms with Crippen molar-refractivity contribution in [2.75, 3.05) is 0 Å². The van der Waals surface area contributed by atoms with Gasteiger partial charge in [-0.05, 0) is 54.7 Å². The third-order valence-corrected chi connectivity index (χ3v) is 4.65. The highest BCUT2D eigenvalue weighted by molar-refractivity contribution is 5.94. The van der Waals surface area contributed by atoms with Crippen molar-refractivity contribution in [2.45, 2.75) is 40.0 Å². The normalized spacial score (nSPS) is 18.2. The Morgan fingerprint density at radius 3 is 2.65 bits per heavy atom. The molecule has 3 heteroatoms. The zero-order valence-corrected chi connectivity index (χ0v) is 14.1. The number of benzene rings is 2. The van der Waals surface area contributed by atoms with Gasteiger partial charge in [0.25, 0.3) is 0 Å². The highest BCUT2D eigenvalue weighted by Crippen LogP contribution is 2.31. The Morgan fingerprint density at radius 2 is 1.96 bits per heavy atom. The molecule has 23 heavy (non-hydrogen) atoms. The Balaban J connectivity index is 2.00. The molecule has 0 unspecified atom stereocenters. The summed E-state index contributed by atoms with van der Waals surface area (Å²) < 4.78 is 0. The first-order valence-corrected chi connectivity index (χ1v) is 8.32. The summed E-state index contributed by atoms with van der Waals surface area (Å²) in [6, 6.07) is 13.0. The number of hydrogen-bond donors (Lipinski definition) is 2. The van der Waals surface area contributed by atoms with Gasteiger partial charge in [0.15, 0.2) is 0 Å². The fourth-order valence-corrected chi connectivity index (χ4v) is 2.95. The van der Waals surface area contributed by atoms with Gasteiger partial charge in [0.2, 0.25) is 5.91 Å². The van der Waals surface area contributed by atoms with Crippen molar-refractivity contribution < 1.29 is 4.79 Å². The molecule has 0 aromatic heterocycles. The summed E-state index contributed by atoms with van der Waals surface area (Å²) in [7, 11) is 0. The first-order valence-electron chi connectivity index (χ1n) is 8.32. The molecule has 0 bridgehead atoms. The van der Waals surface area contributed by atoms with Crippen LogP contribution in [-0.2, 0) is 11.2 Å². The molecular weight excluding hydrogens is 284 g/mol. The Kier molecular flexibility index (Phi) is 4.12. The van der Waals surface area contributed by atoms with Crippen LogP contribution in [0.1, 0.15) is 44.7 Å². The second-order valence-electron chi connectivity index (χ2n) is 6.77. The first-order chi connectivity index (χ1) is 11.0. The van der Waals surface area contributed by atoms with Crippen molar-refractivity contribution in [3.8, 4) is 0 Å². The van der Waals surface area contributed by atoms with E-state index in [9.17, 15) is 4.79 Å². The quantitative estimate of drug-likeness (QED) is 0.889. The highest BCUT2D eigenvalue weighted by atomic mass is 16.2. The summed E-state index contributed by atoms with van der Waals surface area (Å²) in [4.78, 5) is 11.9. The molecule has 3 rings (SSSR count).